The van der Waals surface area contributed by atoms with Crippen molar-refractivity contribution in [2.75, 3.05) is 0 Å². The molecule has 0 spiro atoms. The lowest BCUT2D eigenvalue weighted by atomic mass is 9.90. The van der Waals surface area contributed by atoms with Gasteiger partial charge in [-0.1, -0.05) is 61.6 Å². The molecular formula is C49H37NO3. The van der Waals surface area contributed by atoms with Crippen LogP contribution in [0, 0.1) is 0 Å². The number of fused-ring (bicyclic) bond motifs is 13. The van der Waals surface area contributed by atoms with Crippen molar-refractivity contribution in [1.29, 1.82) is 0 Å². The lowest BCUT2D eigenvalue weighted by molar-refractivity contribution is 0.548. The fraction of sp³-hybridized carbons (Fsp3) is 0.143. The van der Waals surface area contributed by atoms with Crippen molar-refractivity contribution in [3.63, 3.8) is 0 Å². The summed E-state index contributed by atoms with van der Waals surface area (Å²) < 4.78 is 22.0. The van der Waals surface area contributed by atoms with E-state index >= 15 is 0 Å². The lowest BCUT2D eigenvalue weighted by Gasteiger charge is -2.13. The highest BCUT2D eigenvalue weighted by Crippen LogP contribution is 2.44. The molecule has 4 nitrogen and oxygen atoms in total. The van der Waals surface area contributed by atoms with Crippen LogP contribution >= 0.6 is 0 Å². The monoisotopic (exact) mass is 687 g/mol. The zero-order valence-electron chi connectivity index (χ0n) is 29.8. The third-order valence-corrected chi connectivity index (χ3v) is 11.5. The first-order valence-corrected chi connectivity index (χ1v) is 18.9. The molecule has 2 aliphatic carbocycles. The summed E-state index contributed by atoms with van der Waals surface area (Å²) in [5, 5.41) is 6.89. The first-order chi connectivity index (χ1) is 26.2. The fourth-order valence-corrected chi connectivity index (χ4v) is 8.90. The van der Waals surface area contributed by atoms with Crippen LogP contribution in [0.5, 0.6) is 0 Å². The van der Waals surface area contributed by atoms with Gasteiger partial charge in [-0.2, -0.15) is 0 Å². The highest BCUT2D eigenvalue weighted by Gasteiger charge is 2.24. The molecule has 0 atom stereocenters. The molecule has 0 saturated carbocycles. The summed E-state index contributed by atoms with van der Waals surface area (Å²) in [4.78, 5) is 0. The average Bonchev–Trinajstić information content (AvgIpc) is 3.96. The summed E-state index contributed by atoms with van der Waals surface area (Å²) in [6.45, 7) is 4.26. The molecule has 0 bridgehead atoms. The molecule has 0 amide bonds. The van der Waals surface area contributed by atoms with Crippen LogP contribution in [-0.4, -0.2) is 4.57 Å². The van der Waals surface area contributed by atoms with Crippen LogP contribution in [-0.2, 0) is 12.8 Å². The molecule has 4 aromatic heterocycles. The van der Waals surface area contributed by atoms with Crippen LogP contribution in [0.25, 0.3) is 94.7 Å². The Labute approximate surface area is 306 Å². The standard InChI is InChI=1S/C49H37NO3/c1-3-5-10-29(4-2)30-15-20-43-37(25-30)38-26-31(16-21-44(38)51-43)32-17-22-46-40(27-32)48-47(52-46)24-19-36-39-28-33(18-23-45(39)53-49(36)48)50-41-13-8-6-11-34(41)35-12-7-9-14-42(35)50/h4-6,8-11,13-16,18-21,23-28H,3,7,12,17,22H2,1-2H3/b10-5-,29-4+. The summed E-state index contributed by atoms with van der Waals surface area (Å²) >= 11 is 0. The number of allylic oxidation sites excluding steroid dienone is 6. The van der Waals surface area contributed by atoms with E-state index in [1.165, 1.54) is 44.4 Å². The Kier molecular flexibility index (Phi) is 6.66. The van der Waals surface area contributed by atoms with Crippen LogP contribution in [0.1, 0.15) is 66.8 Å². The van der Waals surface area contributed by atoms with Crippen molar-refractivity contribution in [2.45, 2.75) is 46.0 Å². The summed E-state index contributed by atoms with van der Waals surface area (Å²) in [6, 6.07) is 32.8. The van der Waals surface area contributed by atoms with Crippen molar-refractivity contribution >= 4 is 89.0 Å². The molecule has 53 heavy (non-hydrogen) atoms. The normalized spacial score (nSPS) is 14.8. The molecule has 11 rings (SSSR count). The van der Waals surface area contributed by atoms with E-state index in [2.05, 4.69) is 146 Å². The molecule has 0 fully saturated rings. The highest BCUT2D eigenvalue weighted by atomic mass is 16.3. The second-order valence-electron chi connectivity index (χ2n) is 14.4. The predicted octanol–water partition coefficient (Wildman–Crippen LogP) is 14.0. The molecule has 0 unspecified atom stereocenters. The van der Waals surface area contributed by atoms with E-state index in [-0.39, 0.29) is 0 Å². The molecule has 256 valence electrons. The Morgan fingerprint density at radius 2 is 1.55 bits per heavy atom. The van der Waals surface area contributed by atoms with Crippen molar-refractivity contribution in [3.05, 3.63) is 149 Å². The second kappa shape index (κ2) is 11.6. The molecular weight excluding hydrogens is 651 g/mol. The third kappa shape index (κ3) is 4.55. The number of benzene rings is 5. The van der Waals surface area contributed by atoms with Crippen LogP contribution in [0.2, 0.25) is 0 Å². The molecule has 0 saturated heterocycles. The molecule has 0 N–H and O–H groups in total. The van der Waals surface area contributed by atoms with Crippen molar-refractivity contribution in [1.82, 2.24) is 4.57 Å². The largest absolute Gasteiger partial charge is 0.460 e. The Bertz CT molecular complexity index is 3110. The smallest absolute Gasteiger partial charge is 0.147 e. The lowest BCUT2D eigenvalue weighted by Crippen LogP contribution is -2.00. The van der Waals surface area contributed by atoms with Gasteiger partial charge in [-0.3, -0.25) is 0 Å². The van der Waals surface area contributed by atoms with E-state index in [9.17, 15) is 0 Å². The van der Waals surface area contributed by atoms with Gasteiger partial charge in [0, 0.05) is 50.3 Å². The minimum atomic E-state index is 0.837. The molecule has 9 aromatic rings. The minimum Gasteiger partial charge on any atom is -0.460 e. The third-order valence-electron chi connectivity index (χ3n) is 11.5. The van der Waals surface area contributed by atoms with Gasteiger partial charge in [0.15, 0.2) is 0 Å². The highest BCUT2D eigenvalue weighted by molar-refractivity contribution is 6.18. The van der Waals surface area contributed by atoms with Crippen molar-refractivity contribution in [2.24, 2.45) is 0 Å². The number of aryl methyl sites for hydroxylation is 2. The van der Waals surface area contributed by atoms with E-state index in [1.54, 1.807) is 0 Å². The first-order valence-electron chi connectivity index (χ1n) is 18.9. The predicted molar refractivity (Wildman–Crippen MR) is 221 cm³/mol. The summed E-state index contributed by atoms with van der Waals surface area (Å²) in [6.07, 6.45) is 18.4. The van der Waals surface area contributed by atoms with Gasteiger partial charge in [0.1, 0.15) is 33.7 Å². The maximum absolute atomic E-state index is 6.73. The van der Waals surface area contributed by atoms with E-state index in [4.69, 9.17) is 13.3 Å². The van der Waals surface area contributed by atoms with Gasteiger partial charge in [0.2, 0.25) is 0 Å². The summed E-state index contributed by atoms with van der Waals surface area (Å²) in [7, 11) is 0. The zero-order valence-corrected chi connectivity index (χ0v) is 29.8. The van der Waals surface area contributed by atoms with Gasteiger partial charge in [-0.15, -0.1) is 0 Å². The van der Waals surface area contributed by atoms with Gasteiger partial charge >= 0.3 is 0 Å². The van der Waals surface area contributed by atoms with Gasteiger partial charge in [-0.05, 0) is 133 Å². The molecule has 0 radical (unpaired) electrons. The molecule has 4 heterocycles. The number of hydrogen-bond acceptors (Lipinski definition) is 3. The van der Waals surface area contributed by atoms with E-state index in [1.807, 2.05) is 0 Å². The zero-order chi connectivity index (χ0) is 35.2. The Balaban J connectivity index is 1.04. The van der Waals surface area contributed by atoms with Crippen LogP contribution in [0.4, 0.5) is 0 Å². The first kappa shape index (κ1) is 30.4. The molecule has 4 heteroatoms. The Hall–Kier alpha value is -6.26. The van der Waals surface area contributed by atoms with Crippen molar-refractivity contribution in [3.8, 4) is 5.69 Å². The van der Waals surface area contributed by atoms with Gasteiger partial charge < -0.3 is 17.8 Å². The van der Waals surface area contributed by atoms with E-state index < -0.39 is 0 Å². The Morgan fingerprint density at radius 1 is 0.736 bits per heavy atom. The van der Waals surface area contributed by atoms with Crippen LogP contribution in [0.15, 0.2) is 129 Å². The second-order valence-corrected chi connectivity index (χ2v) is 14.4. The average molecular weight is 688 g/mol. The van der Waals surface area contributed by atoms with Crippen molar-refractivity contribution < 1.29 is 13.3 Å². The SMILES string of the molecule is C/C=C(\C=C/CC)c1ccc2oc3ccc(C4=Cc5c(oc6ccc7c8cc(-n9c%10c(c%11ccccc%119)CCC=C%10)ccc8oc7c56)CC4)cc3c2c1. The van der Waals surface area contributed by atoms with Crippen LogP contribution < -0.4 is 0 Å². The number of nitrogens with zero attached hydrogens (tertiary/aromatic N) is 1. The number of rotatable bonds is 5. The van der Waals surface area contributed by atoms with Gasteiger partial charge in [0.25, 0.3) is 0 Å². The number of furan rings is 3. The molecule has 0 aliphatic heterocycles. The summed E-state index contributed by atoms with van der Waals surface area (Å²) in [5.41, 5.74) is 15.6. The van der Waals surface area contributed by atoms with Gasteiger partial charge in [-0.25, -0.2) is 0 Å². The number of hydrogen-bond donors (Lipinski definition) is 0. The Morgan fingerprint density at radius 3 is 2.45 bits per heavy atom. The molecule has 2 aliphatic rings. The summed E-state index contributed by atoms with van der Waals surface area (Å²) in [5.74, 6) is 1.02. The molecule has 5 aromatic carbocycles. The topological polar surface area (TPSA) is 44.4 Å². The maximum Gasteiger partial charge on any atom is 0.147 e. The van der Waals surface area contributed by atoms with E-state index in [0.29, 0.717) is 0 Å². The number of para-hydroxylation sites is 1. The maximum atomic E-state index is 6.73. The minimum absolute atomic E-state index is 0.837. The number of aromatic nitrogens is 1. The van der Waals surface area contributed by atoms with Gasteiger partial charge in [0.05, 0.1) is 10.9 Å². The quantitative estimate of drug-likeness (QED) is 0.169. The van der Waals surface area contributed by atoms with E-state index in [0.717, 1.165) is 104 Å². The van der Waals surface area contributed by atoms with Crippen LogP contribution in [0.3, 0.4) is 0 Å². The fourth-order valence-electron chi connectivity index (χ4n) is 8.90.